The summed E-state index contributed by atoms with van der Waals surface area (Å²) in [5.41, 5.74) is -0.413. The van der Waals surface area contributed by atoms with Crippen LogP contribution in [0.3, 0.4) is 0 Å². The van der Waals surface area contributed by atoms with Gasteiger partial charge in [0.05, 0.1) is 56.4 Å². The van der Waals surface area contributed by atoms with E-state index in [-0.39, 0.29) is 58.6 Å². The van der Waals surface area contributed by atoms with Gasteiger partial charge in [-0.05, 0) is 6.07 Å². The minimum absolute atomic E-state index is 0.00211. The number of amides is 1. The first kappa shape index (κ1) is 24.2. The summed E-state index contributed by atoms with van der Waals surface area (Å²) < 4.78 is 40.0. The molecule has 1 aliphatic heterocycles. The second kappa shape index (κ2) is 9.79. The number of ether oxygens (including phenoxy) is 3. The molecule has 0 atom stereocenters. The van der Waals surface area contributed by atoms with Crippen LogP contribution in [-0.4, -0.2) is 83.0 Å². The fraction of sp³-hybridized carbons (Fsp3) is 0.421. The number of aliphatic hydroxyl groups excluding tert-OH is 1. The summed E-state index contributed by atoms with van der Waals surface area (Å²) in [5, 5.41) is 11.9. The highest BCUT2D eigenvalue weighted by molar-refractivity contribution is 7.91. The van der Waals surface area contributed by atoms with Gasteiger partial charge in [0.25, 0.3) is 5.91 Å². The number of sulfone groups is 1. The highest BCUT2D eigenvalue weighted by Gasteiger charge is 2.35. The van der Waals surface area contributed by atoms with Crippen molar-refractivity contribution in [2.45, 2.75) is 11.8 Å². The summed E-state index contributed by atoms with van der Waals surface area (Å²) in [7, 11) is -0.306. The molecule has 2 rings (SSSR count). The van der Waals surface area contributed by atoms with E-state index >= 15 is 0 Å². The van der Waals surface area contributed by atoms with Crippen molar-refractivity contribution in [1.29, 1.82) is 0 Å². The van der Waals surface area contributed by atoms with E-state index < -0.39 is 27.7 Å². The van der Waals surface area contributed by atoms with Crippen LogP contribution in [0.2, 0.25) is 0 Å². The van der Waals surface area contributed by atoms with Crippen molar-refractivity contribution in [3.05, 3.63) is 29.0 Å². The van der Waals surface area contributed by atoms with Crippen molar-refractivity contribution in [1.82, 2.24) is 4.90 Å². The lowest BCUT2D eigenvalue weighted by atomic mass is 10.1. The first-order chi connectivity index (χ1) is 14.6. The number of carbonyl (C=O) groups is 3. The Morgan fingerprint density at radius 3 is 2.32 bits per heavy atom. The molecule has 0 aliphatic carbocycles. The summed E-state index contributed by atoms with van der Waals surface area (Å²) in [4.78, 5) is 38.0. The fourth-order valence-electron chi connectivity index (χ4n) is 2.99. The van der Waals surface area contributed by atoms with Gasteiger partial charge in [-0.3, -0.25) is 4.79 Å². The van der Waals surface area contributed by atoms with E-state index in [1.165, 1.54) is 25.0 Å². The maximum absolute atomic E-state index is 12.8. The number of benzene rings is 1. The van der Waals surface area contributed by atoms with Crippen LogP contribution in [0.1, 0.15) is 17.3 Å². The van der Waals surface area contributed by atoms with Gasteiger partial charge in [0.2, 0.25) is 0 Å². The van der Waals surface area contributed by atoms with E-state index in [1.807, 2.05) is 0 Å². The molecule has 170 valence electrons. The number of β-amino-alcohol motifs (C(OH)–C–C–N with tert-alkyl or cyclic N) is 1. The fourth-order valence-corrected chi connectivity index (χ4v) is 4.05. The van der Waals surface area contributed by atoms with Crippen molar-refractivity contribution < 1.29 is 42.1 Å². The van der Waals surface area contributed by atoms with Gasteiger partial charge >= 0.3 is 11.9 Å². The number of nitrogens with zero attached hydrogens (tertiary/aromatic N) is 1. The van der Waals surface area contributed by atoms with Crippen LogP contribution in [0, 0.1) is 0 Å². The third-order valence-corrected chi connectivity index (χ3v) is 6.40. The zero-order valence-electron chi connectivity index (χ0n) is 17.6. The highest BCUT2D eigenvalue weighted by Crippen LogP contribution is 2.34. The SMILES string of the molecule is CCS(=O)(=O)c1cc(C(=O)OC)c(OC)cc1NC1=C(C(=O)OC)CN(CCO)C1=O. The van der Waals surface area contributed by atoms with Gasteiger partial charge in [-0.25, -0.2) is 18.0 Å². The molecular weight excluding hydrogens is 432 g/mol. The van der Waals surface area contributed by atoms with Gasteiger partial charge in [-0.1, -0.05) is 6.92 Å². The second-order valence-corrected chi connectivity index (χ2v) is 8.61. The predicted octanol–water partition coefficient (Wildman–Crippen LogP) is -0.0511. The minimum Gasteiger partial charge on any atom is -0.496 e. The molecule has 1 aromatic rings. The third kappa shape index (κ3) is 4.80. The van der Waals surface area contributed by atoms with Gasteiger partial charge in [0, 0.05) is 12.6 Å². The summed E-state index contributed by atoms with van der Waals surface area (Å²) in [6, 6.07) is 2.33. The number of nitrogens with one attached hydrogen (secondary N) is 1. The number of esters is 2. The topological polar surface area (TPSA) is 149 Å². The Balaban J connectivity index is 2.69. The van der Waals surface area contributed by atoms with Gasteiger partial charge < -0.3 is 29.5 Å². The van der Waals surface area contributed by atoms with E-state index in [1.54, 1.807) is 0 Å². The zero-order valence-corrected chi connectivity index (χ0v) is 18.4. The first-order valence-corrected chi connectivity index (χ1v) is 10.8. The average molecular weight is 456 g/mol. The van der Waals surface area contributed by atoms with Crippen LogP contribution in [0.4, 0.5) is 5.69 Å². The normalized spacial score (nSPS) is 14.0. The maximum atomic E-state index is 12.8. The summed E-state index contributed by atoms with van der Waals surface area (Å²) >= 11 is 0. The van der Waals surface area contributed by atoms with Gasteiger partial charge in [-0.2, -0.15) is 0 Å². The van der Waals surface area contributed by atoms with Crippen LogP contribution >= 0.6 is 0 Å². The molecule has 2 N–H and O–H groups in total. The molecule has 1 heterocycles. The number of rotatable bonds is 9. The largest absolute Gasteiger partial charge is 0.496 e. The van der Waals surface area contributed by atoms with Crippen molar-refractivity contribution in [2.75, 3.05) is 52.1 Å². The average Bonchev–Trinajstić information content (AvgIpc) is 3.07. The third-order valence-electron chi connectivity index (χ3n) is 4.64. The molecule has 0 unspecified atom stereocenters. The van der Waals surface area contributed by atoms with Crippen LogP contribution in [0.5, 0.6) is 5.75 Å². The number of methoxy groups -OCH3 is 3. The quantitative estimate of drug-likeness (QED) is 0.484. The maximum Gasteiger partial charge on any atom is 0.341 e. The molecule has 0 aromatic heterocycles. The Morgan fingerprint density at radius 2 is 1.81 bits per heavy atom. The van der Waals surface area contributed by atoms with Crippen molar-refractivity contribution in [2.24, 2.45) is 0 Å². The molecule has 0 bridgehead atoms. The molecule has 1 aromatic carbocycles. The Kier molecular flexibility index (Phi) is 7.63. The molecule has 12 heteroatoms. The lowest BCUT2D eigenvalue weighted by molar-refractivity contribution is -0.136. The summed E-state index contributed by atoms with van der Waals surface area (Å²) in [6.07, 6.45) is 0. The zero-order chi connectivity index (χ0) is 23.3. The van der Waals surface area contributed by atoms with Crippen LogP contribution < -0.4 is 10.1 Å². The van der Waals surface area contributed by atoms with Gasteiger partial charge in [0.1, 0.15) is 17.0 Å². The number of anilines is 1. The van der Waals surface area contributed by atoms with Gasteiger partial charge in [-0.15, -0.1) is 0 Å². The monoisotopic (exact) mass is 456 g/mol. The lowest BCUT2D eigenvalue weighted by Crippen LogP contribution is -2.31. The van der Waals surface area contributed by atoms with E-state index in [0.29, 0.717) is 0 Å². The van der Waals surface area contributed by atoms with E-state index in [0.717, 1.165) is 20.3 Å². The van der Waals surface area contributed by atoms with E-state index in [2.05, 4.69) is 10.1 Å². The smallest absolute Gasteiger partial charge is 0.341 e. The Hall–Kier alpha value is -3.12. The molecule has 0 spiro atoms. The van der Waals surface area contributed by atoms with Gasteiger partial charge in [0.15, 0.2) is 9.84 Å². The molecule has 1 amide bonds. The van der Waals surface area contributed by atoms with Crippen molar-refractivity contribution in [3.63, 3.8) is 0 Å². The predicted molar refractivity (Wildman–Crippen MR) is 108 cm³/mol. The van der Waals surface area contributed by atoms with Crippen LogP contribution in [0.15, 0.2) is 28.3 Å². The number of hydrogen-bond acceptors (Lipinski definition) is 10. The van der Waals surface area contributed by atoms with Crippen molar-refractivity contribution in [3.8, 4) is 5.75 Å². The molecule has 11 nitrogen and oxygen atoms in total. The molecule has 31 heavy (non-hydrogen) atoms. The van der Waals surface area contributed by atoms with Crippen molar-refractivity contribution >= 4 is 33.4 Å². The van der Waals surface area contributed by atoms with Crippen LogP contribution in [0.25, 0.3) is 0 Å². The Bertz CT molecular complexity index is 1030. The Labute approximate surface area is 179 Å². The minimum atomic E-state index is -3.87. The highest BCUT2D eigenvalue weighted by atomic mass is 32.2. The number of aliphatic hydroxyl groups is 1. The number of hydrogen-bond donors (Lipinski definition) is 2. The standard InChI is InChI=1S/C19H24N2O9S/c1-5-31(26,27)15-8-11(18(24)29-3)14(28-2)9-13(15)20-16-12(19(25)30-4)10-21(6-7-22)17(16)23/h8-9,20,22H,5-7,10H2,1-4H3. The molecule has 1 aliphatic rings. The van der Waals surface area contributed by atoms with E-state index in [4.69, 9.17) is 9.47 Å². The molecular formula is C19H24N2O9S. The van der Waals surface area contributed by atoms with Crippen LogP contribution in [-0.2, 0) is 28.9 Å². The first-order valence-electron chi connectivity index (χ1n) is 9.16. The summed E-state index contributed by atoms with van der Waals surface area (Å²) in [6.45, 7) is 0.936. The molecule has 0 radical (unpaired) electrons. The molecule has 0 fully saturated rings. The Morgan fingerprint density at radius 1 is 1.16 bits per heavy atom. The molecule has 0 saturated carbocycles. The molecule has 0 saturated heterocycles. The number of carbonyl (C=O) groups excluding carboxylic acids is 3. The second-order valence-electron chi connectivity index (χ2n) is 6.36. The lowest BCUT2D eigenvalue weighted by Gasteiger charge is -2.18. The van der Waals surface area contributed by atoms with E-state index in [9.17, 15) is 27.9 Å². The summed E-state index contributed by atoms with van der Waals surface area (Å²) in [5.74, 6) is -2.50.